The predicted octanol–water partition coefficient (Wildman–Crippen LogP) is 3.50. The summed E-state index contributed by atoms with van der Waals surface area (Å²) in [7, 11) is 4.88. The second-order valence-corrected chi connectivity index (χ2v) is 8.43. The van der Waals surface area contributed by atoms with Crippen molar-refractivity contribution < 1.29 is 23.7 Å². The van der Waals surface area contributed by atoms with Crippen molar-refractivity contribution in [1.29, 1.82) is 0 Å². The number of hydrogen-bond acceptors (Lipinski definition) is 9. The summed E-state index contributed by atoms with van der Waals surface area (Å²) in [5, 5.41) is 14.3. The summed E-state index contributed by atoms with van der Waals surface area (Å²) >= 11 is 1.57. The van der Waals surface area contributed by atoms with Gasteiger partial charge >= 0.3 is 0 Å². The van der Waals surface area contributed by atoms with E-state index < -0.39 is 0 Å². The Bertz CT molecular complexity index is 1190. The van der Waals surface area contributed by atoms with E-state index in [-0.39, 0.29) is 6.10 Å². The molecule has 0 aliphatic carbocycles. The lowest BCUT2D eigenvalue weighted by Crippen LogP contribution is -2.17. The zero-order valence-corrected chi connectivity index (χ0v) is 19.4. The summed E-state index contributed by atoms with van der Waals surface area (Å²) in [6.07, 6.45) is 0.883. The van der Waals surface area contributed by atoms with Crippen molar-refractivity contribution in [2.75, 3.05) is 40.3 Å². The van der Waals surface area contributed by atoms with Crippen molar-refractivity contribution in [3.63, 3.8) is 0 Å². The maximum Gasteiger partial charge on any atom is 0.212 e. The lowest BCUT2D eigenvalue weighted by Gasteiger charge is -2.18. The quantitative estimate of drug-likeness (QED) is 0.521. The van der Waals surface area contributed by atoms with E-state index in [0.29, 0.717) is 52.9 Å². The van der Waals surface area contributed by atoms with Crippen LogP contribution in [0.4, 0.5) is 0 Å². The van der Waals surface area contributed by atoms with E-state index in [1.54, 1.807) is 37.8 Å². The van der Waals surface area contributed by atoms with Gasteiger partial charge < -0.3 is 23.7 Å². The number of fused-ring (bicyclic) bond motifs is 1. The molecule has 2 aliphatic heterocycles. The minimum absolute atomic E-state index is 0.0217. The van der Waals surface area contributed by atoms with Crippen molar-refractivity contribution in [3.05, 3.63) is 42.0 Å². The Kier molecular flexibility index (Phi) is 6.10. The van der Waals surface area contributed by atoms with Crippen LogP contribution in [0.3, 0.4) is 0 Å². The molecule has 1 fully saturated rings. The number of aromatic nitrogens is 3. The number of methoxy groups -OCH3 is 3. The highest BCUT2D eigenvalue weighted by Crippen LogP contribution is 2.36. The van der Waals surface area contributed by atoms with Gasteiger partial charge in [0.25, 0.3) is 0 Å². The average molecular weight is 469 g/mol. The SMILES string of the molecule is COc1ccc(OC)c(-c2nnc3n2N=C(c2ccc(OC)c(O[C@@H]4CCOC4)c2)CS3)c1. The van der Waals surface area contributed by atoms with Gasteiger partial charge in [-0.05, 0) is 36.4 Å². The molecule has 0 unspecified atom stereocenters. The molecular formula is C23H24N4O5S. The molecule has 0 bridgehead atoms. The highest BCUT2D eigenvalue weighted by atomic mass is 32.2. The first kappa shape index (κ1) is 21.6. The van der Waals surface area contributed by atoms with Gasteiger partial charge in [0.15, 0.2) is 17.3 Å². The summed E-state index contributed by atoms with van der Waals surface area (Å²) in [5.74, 6) is 3.97. The van der Waals surface area contributed by atoms with Crippen LogP contribution in [0.5, 0.6) is 23.0 Å². The van der Waals surface area contributed by atoms with E-state index in [0.717, 1.165) is 23.3 Å². The summed E-state index contributed by atoms with van der Waals surface area (Å²) in [6, 6.07) is 11.4. The Morgan fingerprint density at radius 2 is 1.82 bits per heavy atom. The molecular weight excluding hydrogens is 444 g/mol. The monoisotopic (exact) mass is 468 g/mol. The van der Waals surface area contributed by atoms with Gasteiger partial charge in [-0.1, -0.05) is 11.8 Å². The van der Waals surface area contributed by atoms with E-state index in [1.165, 1.54) is 0 Å². The minimum Gasteiger partial charge on any atom is -0.497 e. The highest BCUT2D eigenvalue weighted by Gasteiger charge is 2.25. The Balaban J connectivity index is 1.52. The molecule has 3 heterocycles. The maximum atomic E-state index is 6.16. The van der Waals surface area contributed by atoms with Crippen LogP contribution in [0.1, 0.15) is 12.0 Å². The molecule has 2 aliphatic rings. The number of nitrogens with zero attached hydrogens (tertiary/aromatic N) is 4. The number of ether oxygens (including phenoxy) is 5. The number of benzene rings is 2. The van der Waals surface area contributed by atoms with Crippen LogP contribution < -0.4 is 18.9 Å². The lowest BCUT2D eigenvalue weighted by atomic mass is 10.1. The van der Waals surface area contributed by atoms with Crippen LogP contribution in [-0.2, 0) is 4.74 Å². The molecule has 5 rings (SSSR count). The molecule has 0 saturated carbocycles. The molecule has 1 atom stereocenters. The molecule has 33 heavy (non-hydrogen) atoms. The summed E-state index contributed by atoms with van der Waals surface area (Å²) in [6.45, 7) is 1.29. The van der Waals surface area contributed by atoms with Crippen molar-refractivity contribution in [2.45, 2.75) is 17.7 Å². The average Bonchev–Trinajstić information content (AvgIpc) is 3.53. The summed E-state index contributed by atoms with van der Waals surface area (Å²) in [4.78, 5) is 0. The Morgan fingerprint density at radius 1 is 0.970 bits per heavy atom. The molecule has 172 valence electrons. The molecule has 3 aromatic rings. The van der Waals surface area contributed by atoms with Gasteiger partial charge in [0.2, 0.25) is 5.16 Å². The fourth-order valence-corrected chi connectivity index (χ4v) is 4.60. The Labute approximate surface area is 195 Å². The highest BCUT2D eigenvalue weighted by molar-refractivity contribution is 7.99. The molecule has 0 radical (unpaired) electrons. The molecule has 10 heteroatoms. The number of hydrogen-bond donors (Lipinski definition) is 0. The maximum absolute atomic E-state index is 6.16. The summed E-state index contributed by atoms with van der Waals surface area (Å²) in [5.41, 5.74) is 2.58. The molecule has 1 aromatic heterocycles. The van der Waals surface area contributed by atoms with Crippen LogP contribution >= 0.6 is 11.8 Å². The second kappa shape index (κ2) is 9.32. The van der Waals surface area contributed by atoms with Gasteiger partial charge in [0, 0.05) is 17.7 Å². The second-order valence-electron chi connectivity index (χ2n) is 7.49. The van der Waals surface area contributed by atoms with Crippen LogP contribution in [0.25, 0.3) is 11.4 Å². The molecule has 0 spiro atoms. The zero-order valence-electron chi connectivity index (χ0n) is 18.6. The van der Waals surface area contributed by atoms with Crippen LogP contribution in [0.2, 0.25) is 0 Å². The number of rotatable bonds is 7. The van der Waals surface area contributed by atoms with Crippen molar-refractivity contribution in [3.8, 4) is 34.4 Å². The molecule has 9 nitrogen and oxygen atoms in total. The van der Waals surface area contributed by atoms with Gasteiger partial charge in [0.1, 0.15) is 17.6 Å². The summed E-state index contributed by atoms with van der Waals surface area (Å²) < 4.78 is 29.8. The first-order valence-electron chi connectivity index (χ1n) is 10.5. The van der Waals surface area contributed by atoms with Gasteiger partial charge in [-0.25, -0.2) is 0 Å². The molecule has 0 amide bonds. The fraction of sp³-hybridized carbons (Fsp3) is 0.348. The van der Waals surface area contributed by atoms with E-state index >= 15 is 0 Å². The van der Waals surface area contributed by atoms with Gasteiger partial charge in [-0.2, -0.15) is 9.78 Å². The van der Waals surface area contributed by atoms with E-state index in [4.69, 9.17) is 28.8 Å². The third-order valence-electron chi connectivity index (χ3n) is 5.50. The van der Waals surface area contributed by atoms with Gasteiger partial charge in [-0.15, -0.1) is 10.2 Å². The third-order valence-corrected chi connectivity index (χ3v) is 6.43. The molecule has 0 N–H and O–H groups in total. The number of thioether (sulfide) groups is 1. The first-order chi connectivity index (χ1) is 16.2. The van der Waals surface area contributed by atoms with Crippen LogP contribution in [0, 0.1) is 0 Å². The largest absolute Gasteiger partial charge is 0.497 e. The van der Waals surface area contributed by atoms with Crippen molar-refractivity contribution in [2.24, 2.45) is 5.10 Å². The van der Waals surface area contributed by atoms with Crippen LogP contribution in [0.15, 0.2) is 46.7 Å². The Morgan fingerprint density at radius 3 is 2.58 bits per heavy atom. The smallest absolute Gasteiger partial charge is 0.212 e. The normalized spacial score (nSPS) is 17.3. The van der Waals surface area contributed by atoms with E-state index in [2.05, 4.69) is 10.2 Å². The first-order valence-corrected chi connectivity index (χ1v) is 11.5. The minimum atomic E-state index is 0.0217. The fourth-order valence-electron chi connectivity index (χ4n) is 3.76. The lowest BCUT2D eigenvalue weighted by molar-refractivity contribution is 0.138. The molecule has 2 aromatic carbocycles. The van der Waals surface area contributed by atoms with Crippen LogP contribution in [-0.4, -0.2) is 67.0 Å². The van der Waals surface area contributed by atoms with E-state index in [9.17, 15) is 0 Å². The van der Waals surface area contributed by atoms with E-state index in [1.807, 2.05) is 36.4 Å². The third kappa shape index (κ3) is 4.23. The Hall–Kier alpha value is -3.24. The van der Waals surface area contributed by atoms with Gasteiger partial charge in [-0.3, -0.25) is 0 Å². The van der Waals surface area contributed by atoms with Gasteiger partial charge in [0.05, 0.1) is 45.8 Å². The topological polar surface area (TPSA) is 89.2 Å². The standard InChI is InChI=1S/C23H24N4O5S/c1-28-15-5-7-19(29-2)17(11-15)22-24-25-23-27(22)26-18(13-33-23)14-4-6-20(30-3)21(10-14)32-16-8-9-31-12-16/h4-7,10-11,16H,8-9,12-13H2,1-3H3/t16-/m1/s1. The van der Waals surface area contributed by atoms with Crippen molar-refractivity contribution >= 4 is 17.5 Å². The molecule has 1 saturated heterocycles. The van der Waals surface area contributed by atoms with Crippen molar-refractivity contribution in [1.82, 2.24) is 14.9 Å². The zero-order chi connectivity index (χ0) is 22.8. The predicted molar refractivity (Wildman–Crippen MR) is 124 cm³/mol.